The fraction of sp³-hybridized carbons (Fsp3) is 0.296. The van der Waals surface area contributed by atoms with Gasteiger partial charge in [0.05, 0.1) is 11.9 Å². The van der Waals surface area contributed by atoms with Crippen molar-refractivity contribution in [3.05, 3.63) is 95.6 Å². The maximum Gasteiger partial charge on any atom is 0.321 e. The largest absolute Gasteiger partial charge is 0.424 e. The lowest BCUT2D eigenvalue weighted by atomic mass is 9.74. The number of ether oxygens (including phenoxy) is 1. The molecule has 6 nitrogen and oxygen atoms in total. The summed E-state index contributed by atoms with van der Waals surface area (Å²) in [5.74, 6) is 0.727. The lowest BCUT2D eigenvalue weighted by Gasteiger charge is -2.36. The molecule has 0 amide bonds. The molecule has 0 saturated heterocycles. The van der Waals surface area contributed by atoms with Crippen LogP contribution >= 0.6 is 0 Å². The van der Waals surface area contributed by atoms with Gasteiger partial charge in [0, 0.05) is 36.2 Å². The van der Waals surface area contributed by atoms with Crippen LogP contribution in [0.3, 0.4) is 0 Å². The second-order valence-corrected chi connectivity index (χ2v) is 9.55. The van der Waals surface area contributed by atoms with Crippen LogP contribution in [0.25, 0.3) is 5.69 Å². The van der Waals surface area contributed by atoms with Gasteiger partial charge in [-0.05, 0) is 61.1 Å². The van der Waals surface area contributed by atoms with Crippen LogP contribution in [0, 0.1) is 12.3 Å². The Bertz CT molecular complexity index is 1210. The Morgan fingerprint density at radius 3 is 2.48 bits per heavy atom. The molecule has 168 valence electrons. The molecule has 1 N–H and O–H groups in total. The third-order valence-electron chi connectivity index (χ3n) is 6.19. The molecule has 2 heterocycles. The minimum Gasteiger partial charge on any atom is -0.424 e. The molecule has 0 bridgehead atoms. The van der Waals surface area contributed by atoms with Crippen molar-refractivity contribution in [3.63, 3.8) is 0 Å². The number of fused-ring (bicyclic) bond motifs is 1. The van der Waals surface area contributed by atoms with Crippen molar-refractivity contribution in [2.24, 2.45) is 5.41 Å². The number of hydrogen-bond donors (Lipinski definition) is 1. The molecule has 5 rings (SSSR count). The predicted molar refractivity (Wildman–Crippen MR) is 129 cm³/mol. The Labute approximate surface area is 194 Å². The third kappa shape index (κ3) is 4.81. The van der Waals surface area contributed by atoms with Crippen LogP contribution in [0.5, 0.6) is 11.8 Å². The maximum atomic E-state index is 5.70. The monoisotopic (exact) mass is 439 g/mol. The van der Waals surface area contributed by atoms with Crippen LogP contribution in [0.4, 0.5) is 0 Å². The Hall–Kier alpha value is -3.51. The van der Waals surface area contributed by atoms with E-state index in [-0.39, 0.29) is 11.5 Å². The van der Waals surface area contributed by atoms with Gasteiger partial charge in [0.2, 0.25) is 0 Å². The molecular weight excluding hydrogens is 410 g/mol. The highest BCUT2D eigenvalue weighted by molar-refractivity contribution is 5.39. The van der Waals surface area contributed by atoms with Crippen molar-refractivity contribution in [3.8, 4) is 17.4 Å². The number of nitrogens with one attached hydrogen (secondary N) is 1. The zero-order valence-corrected chi connectivity index (χ0v) is 19.3. The van der Waals surface area contributed by atoms with Gasteiger partial charge >= 0.3 is 6.01 Å². The first-order chi connectivity index (χ1) is 16.0. The summed E-state index contributed by atoms with van der Waals surface area (Å²) >= 11 is 0. The van der Waals surface area contributed by atoms with Crippen molar-refractivity contribution >= 4 is 0 Å². The quantitative estimate of drug-likeness (QED) is 0.426. The average molecular weight is 440 g/mol. The summed E-state index contributed by atoms with van der Waals surface area (Å²) in [5.41, 5.74) is 6.38. The van der Waals surface area contributed by atoms with E-state index in [0.717, 1.165) is 30.8 Å². The third-order valence-corrected chi connectivity index (χ3v) is 6.19. The molecule has 0 saturated carbocycles. The average Bonchev–Trinajstić information content (AvgIpc) is 3.22. The van der Waals surface area contributed by atoms with E-state index in [1.54, 1.807) is 18.5 Å². The molecule has 1 aliphatic carbocycles. The van der Waals surface area contributed by atoms with Gasteiger partial charge in [0.15, 0.2) is 0 Å². The summed E-state index contributed by atoms with van der Waals surface area (Å²) in [5, 5.41) is 8.54. The minimum absolute atomic E-state index is 0.195. The van der Waals surface area contributed by atoms with Crippen LogP contribution < -0.4 is 10.1 Å². The summed E-state index contributed by atoms with van der Waals surface area (Å²) in [4.78, 5) is 8.21. The zero-order chi connectivity index (χ0) is 22.8. The van der Waals surface area contributed by atoms with E-state index >= 15 is 0 Å². The van der Waals surface area contributed by atoms with Gasteiger partial charge in [-0.1, -0.05) is 43.7 Å². The van der Waals surface area contributed by atoms with Gasteiger partial charge in [-0.3, -0.25) is 0 Å². The lowest BCUT2D eigenvalue weighted by molar-refractivity contribution is 0.253. The van der Waals surface area contributed by atoms with Gasteiger partial charge in [-0.15, -0.1) is 0 Å². The van der Waals surface area contributed by atoms with Crippen molar-refractivity contribution < 1.29 is 4.74 Å². The normalized spacial score (nSPS) is 16.9. The molecule has 0 fully saturated rings. The summed E-state index contributed by atoms with van der Waals surface area (Å²) in [6.45, 7) is 7.57. The van der Waals surface area contributed by atoms with E-state index in [1.807, 2.05) is 18.3 Å². The van der Waals surface area contributed by atoms with E-state index in [9.17, 15) is 0 Å². The first-order valence-corrected chi connectivity index (χ1v) is 11.4. The number of benzene rings is 2. The summed E-state index contributed by atoms with van der Waals surface area (Å²) in [6, 6.07) is 19.0. The number of hydrogen-bond acceptors (Lipinski definition) is 5. The first-order valence-electron chi connectivity index (χ1n) is 11.4. The fourth-order valence-electron chi connectivity index (χ4n) is 4.49. The summed E-state index contributed by atoms with van der Waals surface area (Å²) in [7, 11) is 0. The summed E-state index contributed by atoms with van der Waals surface area (Å²) in [6.07, 6.45) is 7.47. The number of rotatable bonds is 6. The summed E-state index contributed by atoms with van der Waals surface area (Å²) < 4.78 is 7.81. The predicted octanol–water partition coefficient (Wildman–Crippen LogP) is 5.57. The van der Waals surface area contributed by atoms with E-state index < -0.39 is 0 Å². The molecule has 4 aromatic rings. The van der Waals surface area contributed by atoms with Crippen molar-refractivity contribution in [1.82, 2.24) is 25.1 Å². The standard InChI is InChI=1S/C27H29N5O/c1-19-5-9-21(10-6-19)32-25-16-27(2,3)15-24(23(25)18-31-32)30-17-20-7-11-22(12-8-20)33-26-28-13-4-14-29-26/h4-14,18,24,30H,15-17H2,1-3H3. The van der Waals surface area contributed by atoms with E-state index in [0.29, 0.717) is 6.01 Å². The zero-order valence-electron chi connectivity index (χ0n) is 19.3. The van der Waals surface area contributed by atoms with E-state index in [4.69, 9.17) is 9.84 Å². The van der Waals surface area contributed by atoms with Crippen LogP contribution in [0.1, 0.15) is 48.7 Å². The molecule has 2 aromatic heterocycles. The van der Waals surface area contributed by atoms with Crippen LogP contribution in [0.2, 0.25) is 0 Å². The Morgan fingerprint density at radius 2 is 1.76 bits per heavy atom. The highest BCUT2D eigenvalue weighted by Crippen LogP contribution is 2.41. The number of aromatic nitrogens is 4. The Balaban J connectivity index is 1.31. The van der Waals surface area contributed by atoms with Crippen molar-refractivity contribution in [2.75, 3.05) is 0 Å². The van der Waals surface area contributed by atoms with E-state index in [2.05, 4.69) is 77.1 Å². The van der Waals surface area contributed by atoms with Crippen molar-refractivity contribution in [2.45, 2.75) is 46.2 Å². The number of nitrogens with zero attached hydrogens (tertiary/aromatic N) is 4. The number of aryl methyl sites for hydroxylation is 1. The lowest BCUT2D eigenvalue weighted by Crippen LogP contribution is -2.33. The first kappa shape index (κ1) is 21.3. The van der Waals surface area contributed by atoms with Crippen molar-refractivity contribution in [1.29, 1.82) is 0 Å². The van der Waals surface area contributed by atoms with Gasteiger partial charge in [-0.25, -0.2) is 14.6 Å². The van der Waals surface area contributed by atoms with Gasteiger partial charge in [-0.2, -0.15) is 5.10 Å². The molecule has 1 unspecified atom stereocenters. The smallest absolute Gasteiger partial charge is 0.321 e. The molecule has 33 heavy (non-hydrogen) atoms. The maximum absolute atomic E-state index is 5.70. The molecule has 0 spiro atoms. The topological polar surface area (TPSA) is 64.9 Å². The molecule has 2 aromatic carbocycles. The molecule has 0 radical (unpaired) electrons. The second-order valence-electron chi connectivity index (χ2n) is 9.55. The SMILES string of the molecule is Cc1ccc(-n2ncc3c2CC(C)(C)CC3NCc2ccc(Oc3ncccn3)cc2)cc1. The van der Waals surface area contributed by atoms with Crippen LogP contribution in [-0.2, 0) is 13.0 Å². The minimum atomic E-state index is 0.195. The fourth-order valence-corrected chi connectivity index (χ4v) is 4.49. The second kappa shape index (κ2) is 8.79. The van der Waals surface area contributed by atoms with E-state index in [1.165, 1.54) is 22.4 Å². The highest BCUT2D eigenvalue weighted by atomic mass is 16.5. The van der Waals surface area contributed by atoms with Crippen LogP contribution in [0.15, 0.2) is 73.2 Å². The van der Waals surface area contributed by atoms with Gasteiger partial charge in [0.25, 0.3) is 0 Å². The van der Waals surface area contributed by atoms with Gasteiger partial charge < -0.3 is 10.1 Å². The van der Waals surface area contributed by atoms with Crippen LogP contribution in [-0.4, -0.2) is 19.7 Å². The molecule has 0 aliphatic heterocycles. The highest BCUT2D eigenvalue weighted by Gasteiger charge is 2.35. The molecule has 1 aliphatic rings. The molecular formula is C27H29N5O. The molecule has 1 atom stereocenters. The Kier molecular flexibility index (Phi) is 5.68. The Morgan fingerprint density at radius 1 is 1.03 bits per heavy atom. The van der Waals surface area contributed by atoms with Gasteiger partial charge in [0.1, 0.15) is 5.75 Å². The molecule has 6 heteroatoms.